The Morgan fingerprint density at radius 1 is 1.31 bits per heavy atom. The molecule has 1 spiro atoms. The quantitative estimate of drug-likeness (QED) is 0.809. The summed E-state index contributed by atoms with van der Waals surface area (Å²) in [6.45, 7) is 4.00. The van der Waals surface area contributed by atoms with Crippen LogP contribution in [0.2, 0.25) is 0 Å². The van der Waals surface area contributed by atoms with Crippen molar-refractivity contribution in [3.05, 3.63) is 29.6 Å². The lowest BCUT2D eigenvalue weighted by Crippen LogP contribution is -2.50. The van der Waals surface area contributed by atoms with E-state index in [-0.39, 0.29) is 24.2 Å². The van der Waals surface area contributed by atoms with Gasteiger partial charge >= 0.3 is 0 Å². The number of likely N-dealkylation sites (tertiary alicyclic amines) is 2. The van der Waals surface area contributed by atoms with Gasteiger partial charge in [0.15, 0.2) is 0 Å². The third-order valence-electron chi connectivity index (χ3n) is 5.61. The number of ether oxygens (including phenoxy) is 1. The second-order valence-electron chi connectivity index (χ2n) is 7.38. The Morgan fingerprint density at radius 3 is 2.85 bits per heavy atom. The summed E-state index contributed by atoms with van der Waals surface area (Å²) in [6, 6.07) is 4.60. The van der Waals surface area contributed by atoms with Gasteiger partial charge in [-0.3, -0.25) is 9.59 Å². The third kappa shape index (κ3) is 3.55. The van der Waals surface area contributed by atoms with Gasteiger partial charge in [0.25, 0.3) is 0 Å². The minimum atomic E-state index is -0.489. The van der Waals surface area contributed by atoms with Crippen LogP contribution in [0.1, 0.15) is 44.6 Å². The zero-order valence-electron chi connectivity index (χ0n) is 15.6. The van der Waals surface area contributed by atoms with Gasteiger partial charge in [-0.15, -0.1) is 0 Å². The molecule has 2 aliphatic heterocycles. The molecule has 0 bridgehead atoms. The summed E-state index contributed by atoms with van der Waals surface area (Å²) in [7, 11) is 1.54. The molecular formula is C20H27FN2O3. The first-order chi connectivity index (χ1) is 12.5. The molecule has 0 unspecified atom stereocenters. The molecule has 26 heavy (non-hydrogen) atoms. The van der Waals surface area contributed by atoms with Crippen LogP contribution in [0.15, 0.2) is 18.2 Å². The van der Waals surface area contributed by atoms with Crippen molar-refractivity contribution in [3.63, 3.8) is 0 Å². The average molecular weight is 362 g/mol. The van der Waals surface area contributed by atoms with Gasteiger partial charge in [0.1, 0.15) is 11.6 Å². The lowest BCUT2D eigenvalue weighted by Gasteiger charge is -2.39. The van der Waals surface area contributed by atoms with Gasteiger partial charge in [0, 0.05) is 38.2 Å². The predicted molar refractivity (Wildman–Crippen MR) is 96.1 cm³/mol. The second-order valence-corrected chi connectivity index (χ2v) is 7.38. The fourth-order valence-electron chi connectivity index (χ4n) is 4.14. The third-order valence-corrected chi connectivity index (χ3v) is 5.61. The van der Waals surface area contributed by atoms with E-state index in [1.165, 1.54) is 6.07 Å². The lowest BCUT2D eigenvalue weighted by molar-refractivity contribution is -0.146. The first-order valence-electron chi connectivity index (χ1n) is 9.38. The van der Waals surface area contributed by atoms with Crippen LogP contribution in [0.5, 0.6) is 5.75 Å². The molecule has 2 heterocycles. The molecule has 2 aliphatic rings. The maximum Gasteiger partial charge on any atom is 0.230 e. The fraction of sp³-hybridized carbons (Fsp3) is 0.600. The Balaban J connectivity index is 1.73. The van der Waals surface area contributed by atoms with E-state index in [0.29, 0.717) is 43.8 Å². The SMILES string of the molecule is CCCC(=O)N1CC[C@@]2(CCCN(Cc3cc(OC)ccc3F)C2=O)C1. The maximum absolute atomic E-state index is 14.2. The van der Waals surface area contributed by atoms with Crippen LogP contribution in [0.4, 0.5) is 4.39 Å². The van der Waals surface area contributed by atoms with E-state index in [0.717, 1.165) is 19.3 Å². The Kier molecular flexibility index (Phi) is 5.49. The van der Waals surface area contributed by atoms with E-state index in [1.54, 1.807) is 24.1 Å². The monoisotopic (exact) mass is 362 g/mol. The van der Waals surface area contributed by atoms with E-state index < -0.39 is 5.41 Å². The molecule has 0 aliphatic carbocycles. The van der Waals surface area contributed by atoms with Crippen LogP contribution >= 0.6 is 0 Å². The summed E-state index contributed by atoms with van der Waals surface area (Å²) < 4.78 is 19.3. The minimum Gasteiger partial charge on any atom is -0.497 e. The highest BCUT2D eigenvalue weighted by molar-refractivity contribution is 5.86. The highest BCUT2D eigenvalue weighted by Gasteiger charge is 2.49. The smallest absolute Gasteiger partial charge is 0.230 e. The highest BCUT2D eigenvalue weighted by Crippen LogP contribution is 2.41. The van der Waals surface area contributed by atoms with E-state index in [4.69, 9.17) is 4.74 Å². The van der Waals surface area contributed by atoms with Crippen molar-refractivity contribution in [1.29, 1.82) is 0 Å². The Bertz CT molecular complexity index is 694. The number of nitrogens with zero attached hydrogens (tertiary/aromatic N) is 2. The molecule has 1 atom stereocenters. The van der Waals surface area contributed by atoms with Crippen molar-refractivity contribution in [2.45, 2.75) is 45.6 Å². The molecule has 0 aromatic heterocycles. The summed E-state index contributed by atoms with van der Waals surface area (Å²) in [6.07, 6.45) is 3.74. The normalized spacial score (nSPS) is 23.0. The highest BCUT2D eigenvalue weighted by atomic mass is 19.1. The number of methoxy groups -OCH3 is 1. The maximum atomic E-state index is 14.2. The molecule has 2 fully saturated rings. The number of halogens is 1. The molecular weight excluding hydrogens is 335 g/mol. The first-order valence-corrected chi connectivity index (χ1v) is 9.38. The summed E-state index contributed by atoms with van der Waals surface area (Å²) in [5.74, 6) is 0.438. The lowest BCUT2D eigenvalue weighted by atomic mass is 9.78. The van der Waals surface area contributed by atoms with Crippen LogP contribution in [-0.4, -0.2) is 48.4 Å². The second kappa shape index (κ2) is 7.64. The Hall–Kier alpha value is -2.11. The van der Waals surface area contributed by atoms with E-state index in [2.05, 4.69) is 0 Å². The summed E-state index contributed by atoms with van der Waals surface area (Å²) >= 11 is 0. The molecule has 5 nitrogen and oxygen atoms in total. The molecule has 3 rings (SSSR count). The number of piperidine rings is 1. The van der Waals surface area contributed by atoms with Crippen LogP contribution in [-0.2, 0) is 16.1 Å². The van der Waals surface area contributed by atoms with Gasteiger partial charge in [0.2, 0.25) is 11.8 Å². The Labute approximate surface area is 154 Å². The van der Waals surface area contributed by atoms with Crippen LogP contribution in [0, 0.1) is 11.2 Å². The summed E-state index contributed by atoms with van der Waals surface area (Å²) in [4.78, 5) is 29.0. The molecule has 0 N–H and O–H groups in total. The predicted octanol–water partition coefficient (Wildman–Crippen LogP) is 2.98. The van der Waals surface area contributed by atoms with Gasteiger partial charge in [-0.25, -0.2) is 4.39 Å². The van der Waals surface area contributed by atoms with E-state index in [1.807, 2.05) is 11.8 Å². The van der Waals surface area contributed by atoms with Crippen molar-refractivity contribution in [3.8, 4) is 5.75 Å². The van der Waals surface area contributed by atoms with Gasteiger partial charge in [0.05, 0.1) is 12.5 Å². The van der Waals surface area contributed by atoms with Crippen molar-refractivity contribution >= 4 is 11.8 Å². The Morgan fingerprint density at radius 2 is 2.12 bits per heavy atom. The first kappa shape index (κ1) is 18.7. The fourth-order valence-corrected chi connectivity index (χ4v) is 4.14. The van der Waals surface area contributed by atoms with Crippen LogP contribution in [0.3, 0.4) is 0 Å². The molecule has 1 aromatic carbocycles. The molecule has 0 saturated carbocycles. The number of amides is 2. The van der Waals surface area contributed by atoms with E-state index >= 15 is 0 Å². The zero-order valence-corrected chi connectivity index (χ0v) is 15.6. The minimum absolute atomic E-state index is 0.0535. The molecule has 142 valence electrons. The topological polar surface area (TPSA) is 49.9 Å². The summed E-state index contributed by atoms with van der Waals surface area (Å²) in [5.41, 5.74) is -0.0246. The molecule has 6 heteroatoms. The van der Waals surface area contributed by atoms with Crippen molar-refractivity contribution in [2.24, 2.45) is 5.41 Å². The van der Waals surface area contributed by atoms with Crippen molar-refractivity contribution in [1.82, 2.24) is 9.80 Å². The van der Waals surface area contributed by atoms with Gasteiger partial charge in [-0.2, -0.15) is 0 Å². The largest absolute Gasteiger partial charge is 0.497 e. The zero-order chi connectivity index (χ0) is 18.7. The number of hydrogen-bond acceptors (Lipinski definition) is 3. The number of carbonyl (C=O) groups excluding carboxylic acids is 2. The average Bonchev–Trinajstić information content (AvgIpc) is 3.06. The van der Waals surface area contributed by atoms with Gasteiger partial charge in [-0.1, -0.05) is 6.92 Å². The standard InChI is InChI=1S/C20H27FN2O3/c1-3-5-18(24)23-11-9-20(14-23)8-4-10-22(19(20)25)13-15-12-16(26-2)6-7-17(15)21/h6-7,12H,3-5,8-11,13-14H2,1-2H3/t20-/m0/s1. The van der Waals surface area contributed by atoms with E-state index in [9.17, 15) is 14.0 Å². The molecule has 0 radical (unpaired) electrons. The number of benzene rings is 1. The van der Waals surface area contributed by atoms with Gasteiger partial charge < -0.3 is 14.5 Å². The summed E-state index contributed by atoms with van der Waals surface area (Å²) in [5, 5.41) is 0. The number of carbonyl (C=O) groups is 2. The van der Waals surface area contributed by atoms with Crippen molar-refractivity contribution in [2.75, 3.05) is 26.7 Å². The molecule has 1 aromatic rings. The van der Waals surface area contributed by atoms with Crippen LogP contribution < -0.4 is 4.74 Å². The van der Waals surface area contributed by atoms with Gasteiger partial charge in [-0.05, 0) is 43.9 Å². The molecule has 2 amide bonds. The molecule has 2 saturated heterocycles. The van der Waals surface area contributed by atoms with Crippen LogP contribution in [0.25, 0.3) is 0 Å². The number of rotatable bonds is 5. The van der Waals surface area contributed by atoms with Crippen molar-refractivity contribution < 1.29 is 18.7 Å². The number of hydrogen-bond donors (Lipinski definition) is 0.